The largest absolute Gasteiger partial charge is 0.416 e. The average Bonchev–Trinajstić information content (AvgIpc) is 3.12. The van der Waals surface area contributed by atoms with Gasteiger partial charge in [0.2, 0.25) is 0 Å². The van der Waals surface area contributed by atoms with E-state index in [1.807, 2.05) is 24.3 Å². The molecule has 4 rings (SSSR count). The fraction of sp³-hybridized carbons (Fsp3) is 0.0952. The fourth-order valence-electron chi connectivity index (χ4n) is 3.08. The minimum atomic E-state index is -4.65. The summed E-state index contributed by atoms with van der Waals surface area (Å²) in [6.07, 6.45) is -4.31. The zero-order chi connectivity index (χ0) is 24.0. The van der Waals surface area contributed by atoms with Gasteiger partial charge in [-0.3, -0.25) is 4.72 Å². The number of halogens is 6. The maximum Gasteiger partial charge on any atom is 0.416 e. The summed E-state index contributed by atoms with van der Waals surface area (Å²) in [4.78, 5) is 4.03. The van der Waals surface area contributed by atoms with Crippen LogP contribution >= 0.6 is 46.1 Å². The Hall–Kier alpha value is -2.04. The number of nitrogens with zero attached hydrogens (tertiary/aromatic N) is 1. The number of hydrogen-bond donors (Lipinski definition) is 1. The van der Waals surface area contributed by atoms with Gasteiger partial charge in [-0.15, -0.1) is 11.3 Å². The minimum Gasteiger partial charge on any atom is -0.279 e. The number of aromatic nitrogens is 1. The molecule has 12 heteroatoms. The molecule has 0 fully saturated rings. The maximum atomic E-state index is 12.8. The van der Waals surface area contributed by atoms with Gasteiger partial charge < -0.3 is 0 Å². The molecular weight excluding hydrogens is 540 g/mol. The molecule has 0 aliphatic rings. The Kier molecular flexibility index (Phi) is 6.54. The topological polar surface area (TPSA) is 59.1 Å². The minimum absolute atomic E-state index is 0.0361. The van der Waals surface area contributed by atoms with Crippen molar-refractivity contribution >= 4 is 72.1 Å². The van der Waals surface area contributed by atoms with E-state index in [1.165, 1.54) is 23.5 Å². The van der Waals surface area contributed by atoms with Crippen LogP contribution in [0.5, 0.6) is 0 Å². The summed E-state index contributed by atoms with van der Waals surface area (Å²) >= 11 is 20.0. The van der Waals surface area contributed by atoms with Gasteiger partial charge in [0.05, 0.1) is 31.5 Å². The summed E-state index contributed by atoms with van der Waals surface area (Å²) in [6, 6.07) is 12.4. The van der Waals surface area contributed by atoms with Gasteiger partial charge in [-0.25, -0.2) is 13.4 Å². The number of fused-ring (bicyclic) bond motifs is 1. The van der Waals surface area contributed by atoms with Crippen LogP contribution < -0.4 is 4.72 Å². The lowest BCUT2D eigenvalue weighted by molar-refractivity contribution is -0.137. The third-order valence-electron chi connectivity index (χ3n) is 4.61. The molecule has 0 radical (unpaired) electrons. The van der Waals surface area contributed by atoms with Crippen LogP contribution in [0.25, 0.3) is 10.2 Å². The summed E-state index contributed by atoms with van der Waals surface area (Å²) in [5, 5.41) is 0.628. The number of anilines is 1. The van der Waals surface area contributed by atoms with Gasteiger partial charge in [-0.05, 0) is 48.0 Å². The highest BCUT2D eigenvalue weighted by Crippen LogP contribution is 2.36. The van der Waals surface area contributed by atoms with Crippen molar-refractivity contribution in [1.29, 1.82) is 0 Å². The standard InChI is InChI=1S/C21H12Cl3F3N2O2S2/c22-14-8-12(29-33(30,31)19-6-5-11(7-16(19)24)21(25,26)27)9-15(23)13(14)10-20-28-17-3-1-2-4-18(17)32-20/h1-9,29H,10H2. The van der Waals surface area contributed by atoms with Crippen molar-refractivity contribution in [2.75, 3.05) is 4.72 Å². The Balaban J connectivity index is 1.60. The second-order valence-electron chi connectivity index (χ2n) is 6.92. The molecule has 0 unspecified atom stereocenters. The normalized spacial score (nSPS) is 12.3. The molecule has 0 saturated carbocycles. The first-order chi connectivity index (χ1) is 15.4. The van der Waals surface area contributed by atoms with Gasteiger partial charge in [-0.1, -0.05) is 46.9 Å². The second-order valence-corrected chi connectivity index (χ2v) is 10.9. The second kappa shape index (κ2) is 8.96. The number of benzene rings is 3. The van der Waals surface area contributed by atoms with Crippen LogP contribution in [0.1, 0.15) is 16.1 Å². The van der Waals surface area contributed by atoms with Crippen molar-refractivity contribution in [3.05, 3.63) is 85.8 Å². The number of sulfonamides is 1. The third-order valence-corrected chi connectivity index (χ3v) is 8.18. The lowest BCUT2D eigenvalue weighted by Crippen LogP contribution is -2.14. The van der Waals surface area contributed by atoms with Crippen LogP contribution in [0.3, 0.4) is 0 Å². The summed E-state index contributed by atoms with van der Waals surface area (Å²) < 4.78 is 67.2. The monoisotopic (exact) mass is 550 g/mol. The van der Waals surface area contributed by atoms with E-state index in [2.05, 4.69) is 9.71 Å². The maximum absolute atomic E-state index is 12.8. The highest BCUT2D eigenvalue weighted by atomic mass is 35.5. The highest BCUT2D eigenvalue weighted by Gasteiger charge is 2.32. The molecule has 0 amide bonds. The zero-order valence-electron chi connectivity index (χ0n) is 16.3. The smallest absolute Gasteiger partial charge is 0.279 e. The van der Waals surface area contributed by atoms with Crippen molar-refractivity contribution in [2.45, 2.75) is 17.5 Å². The molecule has 3 aromatic carbocycles. The van der Waals surface area contributed by atoms with Crippen molar-refractivity contribution < 1.29 is 21.6 Å². The van der Waals surface area contributed by atoms with Gasteiger partial charge in [0, 0.05) is 16.5 Å². The molecule has 172 valence electrons. The predicted molar refractivity (Wildman–Crippen MR) is 126 cm³/mol. The lowest BCUT2D eigenvalue weighted by Gasteiger charge is -2.14. The first kappa shape index (κ1) is 24.1. The molecule has 4 nitrogen and oxygen atoms in total. The number of rotatable bonds is 5. The van der Waals surface area contributed by atoms with Crippen LogP contribution in [0.2, 0.25) is 15.1 Å². The zero-order valence-corrected chi connectivity index (χ0v) is 20.2. The van der Waals surface area contributed by atoms with E-state index in [0.29, 0.717) is 24.1 Å². The van der Waals surface area contributed by atoms with E-state index in [4.69, 9.17) is 34.8 Å². The van der Waals surface area contributed by atoms with Crippen LogP contribution in [0.4, 0.5) is 18.9 Å². The molecule has 0 saturated heterocycles. The Morgan fingerprint density at radius 3 is 2.21 bits per heavy atom. The van der Waals surface area contributed by atoms with E-state index in [0.717, 1.165) is 21.3 Å². The molecule has 33 heavy (non-hydrogen) atoms. The first-order valence-electron chi connectivity index (χ1n) is 9.16. The number of thiazole rings is 1. The number of para-hydroxylation sites is 1. The van der Waals surface area contributed by atoms with E-state index in [1.54, 1.807) is 0 Å². The molecule has 0 bridgehead atoms. The van der Waals surface area contributed by atoms with Crippen molar-refractivity contribution in [2.24, 2.45) is 0 Å². The number of alkyl halides is 3. The summed E-state index contributed by atoms with van der Waals surface area (Å²) in [7, 11) is -4.31. The Morgan fingerprint density at radius 2 is 1.61 bits per heavy atom. The average molecular weight is 552 g/mol. The van der Waals surface area contributed by atoms with Gasteiger partial charge in [0.25, 0.3) is 10.0 Å². The van der Waals surface area contributed by atoms with Gasteiger partial charge in [0.15, 0.2) is 0 Å². The lowest BCUT2D eigenvalue weighted by atomic mass is 10.1. The van der Waals surface area contributed by atoms with Gasteiger partial charge >= 0.3 is 6.18 Å². The number of nitrogens with one attached hydrogen (secondary N) is 1. The van der Waals surface area contributed by atoms with Crippen LogP contribution in [0.15, 0.2) is 59.5 Å². The van der Waals surface area contributed by atoms with E-state index in [9.17, 15) is 21.6 Å². The summed E-state index contributed by atoms with van der Waals surface area (Å²) in [6.45, 7) is 0. The van der Waals surface area contributed by atoms with E-state index < -0.39 is 31.7 Å². The molecule has 0 aliphatic heterocycles. The molecule has 0 spiro atoms. The molecule has 1 N–H and O–H groups in total. The van der Waals surface area contributed by atoms with E-state index in [-0.39, 0.29) is 15.7 Å². The first-order valence-corrected chi connectivity index (χ1v) is 12.6. The van der Waals surface area contributed by atoms with Crippen molar-refractivity contribution in [3.63, 3.8) is 0 Å². The molecule has 0 aliphatic carbocycles. The van der Waals surface area contributed by atoms with Gasteiger partial charge in [-0.2, -0.15) is 13.2 Å². The fourth-order valence-corrected chi connectivity index (χ4v) is 6.27. The SMILES string of the molecule is O=S(=O)(Nc1cc(Cl)c(Cc2nc3ccccc3s2)c(Cl)c1)c1ccc(C(F)(F)F)cc1Cl. The molecule has 4 aromatic rings. The van der Waals surface area contributed by atoms with Crippen LogP contribution in [-0.2, 0) is 22.6 Å². The Morgan fingerprint density at radius 1 is 0.939 bits per heavy atom. The third kappa shape index (κ3) is 5.22. The van der Waals surface area contributed by atoms with Crippen molar-refractivity contribution in [3.8, 4) is 0 Å². The quantitative estimate of drug-likeness (QED) is 0.277. The molecule has 1 aromatic heterocycles. The Labute approximate surface area is 206 Å². The number of hydrogen-bond acceptors (Lipinski definition) is 4. The Bertz CT molecular complexity index is 1420. The van der Waals surface area contributed by atoms with Crippen LogP contribution in [0, 0.1) is 0 Å². The molecule has 1 heterocycles. The highest BCUT2D eigenvalue weighted by molar-refractivity contribution is 7.92. The molecular formula is C21H12Cl3F3N2O2S2. The summed E-state index contributed by atoms with van der Waals surface area (Å²) in [5.41, 5.74) is 0.390. The van der Waals surface area contributed by atoms with E-state index >= 15 is 0 Å². The van der Waals surface area contributed by atoms with Crippen molar-refractivity contribution in [1.82, 2.24) is 4.98 Å². The predicted octanol–water partition coefficient (Wildman–Crippen LogP) is 7.67. The summed E-state index contributed by atoms with van der Waals surface area (Å²) in [5.74, 6) is 0. The van der Waals surface area contributed by atoms with Crippen LogP contribution in [-0.4, -0.2) is 13.4 Å². The van der Waals surface area contributed by atoms with Gasteiger partial charge in [0.1, 0.15) is 4.90 Å². The molecule has 0 atom stereocenters.